The number of hydrogen-bond acceptors (Lipinski definition) is 2. The first-order valence-electron chi connectivity index (χ1n) is 5.49. The van der Waals surface area contributed by atoms with Gasteiger partial charge in [0.2, 0.25) is 0 Å². The van der Waals surface area contributed by atoms with Gasteiger partial charge in [0, 0.05) is 0 Å². The summed E-state index contributed by atoms with van der Waals surface area (Å²) in [4.78, 5) is 0. The Morgan fingerprint density at radius 3 is 2.29 bits per heavy atom. The van der Waals surface area contributed by atoms with E-state index in [9.17, 15) is 0 Å². The summed E-state index contributed by atoms with van der Waals surface area (Å²) in [7, 11) is 0. The molecule has 1 aromatic heterocycles. The fourth-order valence-corrected chi connectivity index (χ4v) is 1.10. The SMILES string of the molecule is CC.CCC(C)c1coc([C@@H](C)N)c1. The molecule has 2 nitrogen and oxygen atoms in total. The first-order chi connectivity index (χ1) is 6.65. The molecule has 0 saturated heterocycles. The molecule has 0 amide bonds. The summed E-state index contributed by atoms with van der Waals surface area (Å²) in [5.41, 5.74) is 6.93. The predicted octanol–water partition coefficient (Wildman–Crippen LogP) is 3.84. The smallest absolute Gasteiger partial charge is 0.120 e. The maximum absolute atomic E-state index is 5.67. The quantitative estimate of drug-likeness (QED) is 0.799. The third-order valence-corrected chi connectivity index (χ3v) is 2.27. The van der Waals surface area contributed by atoms with Gasteiger partial charge in [-0.2, -0.15) is 0 Å². The van der Waals surface area contributed by atoms with Gasteiger partial charge in [0.1, 0.15) is 5.76 Å². The molecule has 0 aromatic carbocycles. The van der Waals surface area contributed by atoms with Gasteiger partial charge in [-0.05, 0) is 30.9 Å². The second-order valence-electron chi connectivity index (χ2n) is 3.38. The molecule has 0 spiro atoms. The van der Waals surface area contributed by atoms with Crippen molar-refractivity contribution in [1.82, 2.24) is 0 Å². The fraction of sp³-hybridized carbons (Fsp3) is 0.667. The van der Waals surface area contributed by atoms with E-state index < -0.39 is 0 Å². The van der Waals surface area contributed by atoms with E-state index in [0.717, 1.165) is 12.2 Å². The van der Waals surface area contributed by atoms with Gasteiger partial charge in [0.25, 0.3) is 0 Å². The van der Waals surface area contributed by atoms with Crippen LogP contribution in [0.4, 0.5) is 0 Å². The lowest BCUT2D eigenvalue weighted by molar-refractivity contribution is 0.477. The van der Waals surface area contributed by atoms with Crippen LogP contribution in [0.25, 0.3) is 0 Å². The number of rotatable bonds is 3. The molecule has 0 aliphatic rings. The first-order valence-corrected chi connectivity index (χ1v) is 5.49. The van der Waals surface area contributed by atoms with Gasteiger partial charge >= 0.3 is 0 Å². The molecule has 0 bridgehead atoms. The van der Waals surface area contributed by atoms with Crippen molar-refractivity contribution in [3.8, 4) is 0 Å². The Morgan fingerprint density at radius 2 is 1.93 bits per heavy atom. The van der Waals surface area contributed by atoms with Crippen LogP contribution in [-0.4, -0.2) is 0 Å². The summed E-state index contributed by atoms with van der Waals surface area (Å²) in [6, 6.07) is 2.06. The summed E-state index contributed by atoms with van der Waals surface area (Å²) in [6.07, 6.45) is 2.95. The molecule has 0 fully saturated rings. The van der Waals surface area contributed by atoms with Gasteiger partial charge < -0.3 is 10.2 Å². The van der Waals surface area contributed by atoms with Crippen LogP contribution in [0.3, 0.4) is 0 Å². The molecule has 2 heteroatoms. The second kappa shape index (κ2) is 6.66. The van der Waals surface area contributed by atoms with Crippen molar-refractivity contribution in [1.29, 1.82) is 0 Å². The molecule has 0 saturated carbocycles. The van der Waals surface area contributed by atoms with Gasteiger partial charge in [-0.3, -0.25) is 0 Å². The Hall–Kier alpha value is -0.760. The van der Waals surface area contributed by atoms with Gasteiger partial charge in [-0.1, -0.05) is 27.7 Å². The van der Waals surface area contributed by atoms with Gasteiger partial charge in [-0.15, -0.1) is 0 Å². The lowest BCUT2D eigenvalue weighted by Gasteiger charge is -2.02. The monoisotopic (exact) mass is 197 g/mol. The van der Waals surface area contributed by atoms with Crippen LogP contribution >= 0.6 is 0 Å². The van der Waals surface area contributed by atoms with Crippen molar-refractivity contribution in [2.45, 2.75) is 53.0 Å². The summed E-state index contributed by atoms with van der Waals surface area (Å²) in [5, 5.41) is 0. The van der Waals surface area contributed by atoms with E-state index >= 15 is 0 Å². The molecule has 1 heterocycles. The van der Waals surface area contributed by atoms with Crippen molar-refractivity contribution >= 4 is 0 Å². The largest absolute Gasteiger partial charge is 0.467 e. The van der Waals surface area contributed by atoms with E-state index in [1.807, 2.05) is 27.0 Å². The average Bonchev–Trinajstić information content (AvgIpc) is 2.68. The van der Waals surface area contributed by atoms with Crippen molar-refractivity contribution in [3.63, 3.8) is 0 Å². The Bertz CT molecular complexity index is 240. The number of nitrogens with two attached hydrogens (primary N) is 1. The summed E-state index contributed by atoms with van der Waals surface area (Å²) in [6.45, 7) is 10.3. The molecule has 1 aromatic rings. The molecule has 14 heavy (non-hydrogen) atoms. The van der Waals surface area contributed by atoms with Crippen LogP contribution in [0.2, 0.25) is 0 Å². The zero-order valence-electron chi connectivity index (χ0n) is 10.0. The van der Waals surface area contributed by atoms with Crippen LogP contribution in [0.1, 0.15) is 64.3 Å². The maximum atomic E-state index is 5.67. The van der Waals surface area contributed by atoms with Crippen LogP contribution in [0, 0.1) is 0 Å². The Labute approximate surface area is 87.5 Å². The minimum atomic E-state index is 0.00260. The molecule has 0 radical (unpaired) electrons. The first kappa shape index (κ1) is 13.2. The highest BCUT2D eigenvalue weighted by atomic mass is 16.3. The number of furan rings is 1. The lowest BCUT2D eigenvalue weighted by atomic mass is 10.0. The van der Waals surface area contributed by atoms with E-state index in [1.165, 1.54) is 5.56 Å². The van der Waals surface area contributed by atoms with Crippen molar-refractivity contribution < 1.29 is 4.42 Å². The highest BCUT2D eigenvalue weighted by Crippen LogP contribution is 2.23. The van der Waals surface area contributed by atoms with Crippen molar-refractivity contribution in [2.75, 3.05) is 0 Å². The lowest BCUT2D eigenvalue weighted by Crippen LogP contribution is -2.02. The van der Waals surface area contributed by atoms with Crippen LogP contribution in [0.15, 0.2) is 16.7 Å². The molecule has 82 valence electrons. The van der Waals surface area contributed by atoms with Crippen LogP contribution in [0.5, 0.6) is 0 Å². The zero-order valence-corrected chi connectivity index (χ0v) is 10.0. The van der Waals surface area contributed by atoms with Gasteiger partial charge in [0.05, 0.1) is 12.3 Å². The zero-order chi connectivity index (χ0) is 11.1. The molecule has 0 aliphatic carbocycles. The third-order valence-electron chi connectivity index (χ3n) is 2.27. The normalized spacial score (nSPS) is 14.1. The van der Waals surface area contributed by atoms with E-state index in [-0.39, 0.29) is 6.04 Å². The van der Waals surface area contributed by atoms with Crippen LogP contribution in [-0.2, 0) is 0 Å². The number of hydrogen-bond donors (Lipinski definition) is 1. The van der Waals surface area contributed by atoms with Crippen molar-refractivity contribution in [2.24, 2.45) is 5.73 Å². The fourth-order valence-electron chi connectivity index (χ4n) is 1.10. The topological polar surface area (TPSA) is 39.2 Å². The van der Waals surface area contributed by atoms with Gasteiger partial charge in [-0.25, -0.2) is 0 Å². The molecule has 2 atom stereocenters. The van der Waals surface area contributed by atoms with Crippen LogP contribution < -0.4 is 5.73 Å². The molecule has 1 unspecified atom stereocenters. The molecule has 0 aliphatic heterocycles. The maximum Gasteiger partial charge on any atom is 0.120 e. The predicted molar refractivity (Wildman–Crippen MR) is 61.4 cm³/mol. The molecular weight excluding hydrogens is 174 g/mol. The summed E-state index contributed by atoms with van der Waals surface area (Å²) in [5.74, 6) is 1.45. The summed E-state index contributed by atoms with van der Waals surface area (Å²) < 4.78 is 5.32. The van der Waals surface area contributed by atoms with E-state index in [4.69, 9.17) is 10.2 Å². The third kappa shape index (κ3) is 3.54. The van der Waals surface area contributed by atoms with E-state index in [1.54, 1.807) is 0 Å². The van der Waals surface area contributed by atoms with Crippen molar-refractivity contribution in [3.05, 3.63) is 23.7 Å². The Kier molecular flexibility index (Phi) is 6.30. The minimum absolute atomic E-state index is 0.00260. The average molecular weight is 197 g/mol. The van der Waals surface area contributed by atoms with E-state index in [2.05, 4.69) is 19.9 Å². The summed E-state index contributed by atoms with van der Waals surface area (Å²) >= 11 is 0. The second-order valence-corrected chi connectivity index (χ2v) is 3.38. The molecule has 2 N–H and O–H groups in total. The standard InChI is InChI=1S/C10H17NO.C2H6/c1-4-7(2)9-5-10(8(3)11)12-6-9;1-2/h5-8H,4,11H2,1-3H3;1-2H3/t7?,8-;/m1./s1. The molecular formula is C12H23NO. The van der Waals surface area contributed by atoms with E-state index in [0.29, 0.717) is 5.92 Å². The Morgan fingerprint density at radius 1 is 1.36 bits per heavy atom. The van der Waals surface area contributed by atoms with Gasteiger partial charge in [0.15, 0.2) is 0 Å². The molecule has 1 rings (SSSR count). The highest BCUT2D eigenvalue weighted by Gasteiger charge is 2.09. The highest BCUT2D eigenvalue weighted by molar-refractivity contribution is 5.18. The Balaban J connectivity index is 0.000000791. The minimum Gasteiger partial charge on any atom is -0.467 e.